The molecule has 1 aromatic carbocycles. The van der Waals surface area contributed by atoms with Gasteiger partial charge in [0.05, 0.1) is 35.7 Å². The van der Waals surface area contributed by atoms with Crippen molar-refractivity contribution >= 4 is 28.3 Å². The molecule has 6 rings (SSSR count). The molecule has 2 aliphatic rings. The van der Waals surface area contributed by atoms with E-state index < -0.39 is 0 Å². The maximum atomic E-state index is 13.2. The van der Waals surface area contributed by atoms with Crippen LogP contribution in [0.3, 0.4) is 0 Å². The maximum absolute atomic E-state index is 13.2. The van der Waals surface area contributed by atoms with Crippen LogP contribution in [0, 0.1) is 0 Å². The Morgan fingerprint density at radius 3 is 2.60 bits per heavy atom. The van der Waals surface area contributed by atoms with E-state index in [1.165, 1.54) is 0 Å². The molecule has 5 heterocycles. The molecule has 1 amide bonds. The Hall–Kier alpha value is -3.86. The van der Waals surface area contributed by atoms with Gasteiger partial charge in [0.2, 0.25) is 0 Å². The first kappa shape index (κ1) is 26.4. The van der Waals surface area contributed by atoms with E-state index >= 15 is 0 Å². The fraction of sp³-hybridized carbons (Fsp3) is 0.400. The first-order chi connectivity index (χ1) is 19.4. The minimum absolute atomic E-state index is 0.144. The summed E-state index contributed by atoms with van der Waals surface area (Å²) in [5.41, 5.74) is 4.79. The minimum Gasteiger partial charge on any atom is -0.393 e. The summed E-state index contributed by atoms with van der Waals surface area (Å²) in [6.45, 7) is 8.25. The summed E-state index contributed by atoms with van der Waals surface area (Å²) in [6.07, 6.45) is 7.13. The predicted octanol–water partition coefficient (Wildman–Crippen LogP) is 3.84. The lowest BCUT2D eigenvalue weighted by Gasteiger charge is -2.36. The summed E-state index contributed by atoms with van der Waals surface area (Å²) in [5.74, 6) is 0.564. The molecule has 208 valence electrons. The van der Waals surface area contributed by atoms with Crippen molar-refractivity contribution in [2.75, 3.05) is 36.4 Å². The third kappa shape index (κ3) is 5.84. The summed E-state index contributed by atoms with van der Waals surface area (Å²) in [5, 5.41) is 20.8. The lowest BCUT2D eigenvalue weighted by Crippen LogP contribution is -2.45. The Labute approximate surface area is 233 Å². The molecule has 10 heteroatoms. The lowest BCUT2D eigenvalue weighted by molar-refractivity contribution is -0.00545. The molecule has 10 nitrogen and oxygen atoms in total. The van der Waals surface area contributed by atoms with Crippen LogP contribution >= 0.6 is 0 Å². The highest BCUT2D eigenvalue weighted by molar-refractivity contribution is 6.11. The number of likely N-dealkylation sites (tertiary alicyclic amines) is 1. The summed E-state index contributed by atoms with van der Waals surface area (Å²) < 4.78 is 5.82. The Bertz CT molecular complexity index is 1470. The number of nitrogens with zero attached hydrogens (tertiary/aromatic N) is 5. The largest absolute Gasteiger partial charge is 0.393 e. The second-order valence-corrected chi connectivity index (χ2v) is 10.9. The van der Waals surface area contributed by atoms with Gasteiger partial charge in [-0.3, -0.25) is 19.8 Å². The molecule has 0 spiro atoms. The van der Waals surface area contributed by atoms with E-state index in [0.717, 1.165) is 79.0 Å². The smallest absolute Gasteiger partial charge is 0.276 e. The van der Waals surface area contributed by atoms with Gasteiger partial charge in [0.1, 0.15) is 5.82 Å². The van der Waals surface area contributed by atoms with Crippen LogP contribution in [0.4, 0.5) is 11.5 Å². The molecule has 3 aromatic heterocycles. The fourth-order valence-corrected chi connectivity index (χ4v) is 5.64. The van der Waals surface area contributed by atoms with Crippen molar-refractivity contribution in [1.82, 2.24) is 25.1 Å². The number of amides is 1. The highest BCUT2D eigenvalue weighted by atomic mass is 16.5. The van der Waals surface area contributed by atoms with Crippen LogP contribution in [-0.4, -0.2) is 80.6 Å². The van der Waals surface area contributed by atoms with Crippen LogP contribution in [-0.2, 0) is 11.3 Å². The maximum Gasteiger partial charge on any atom is 0.276 e. The van der Waals surface area contributed by atoms with E-state index in [0.29, 0.717) is 11.4 Å². The standard InChI is InChI=1S/C30H35N7O3/c1-19-16-37(17-20(2)40-19)28-6-4-24(15-32-28)33-30(39)29-26-12-22(3-5-27(26)34-35-29)23-11-21(13-31-14-23)18-36-9-7-25(38)8-10-36/h3-6,11-15,19-20,25,38H,7-10,16-18H2,1-2H3,(H,33,39)(H,34,35). The van der Waals surface area contributed by atoms with Crippen LogP contribution in [0.15, 0.2) is 55.0 Å². The van der Waals surface area contributed by atoms with Crippen LogP contribution in [0.2, 0.25) is 0 Å². The molecule has 0 bridgehead atoms. The zero-order valence-corrected chi connectivity index (χ0v) is 22.9. The molecule has 40 heavy (non-hydrogen) atoms. The minimum atomic E-state index is -0.300. The Morgan fingerprint density at radius 1 is 1.05 bits per heavy atom. The van der Waals surface area contributed by atoms with Crippen molar-refractivity contribution in [1.29, 1.82) is 0 Å². The van der Waals surface area contributed by atoms with E-state index in [1.807, 2.05) is 42.7 Å². The molecule has 3 N–H and O–H groups in total. The predicted molar refractivity (Wildman–Crippen MR) is 154 cm³/mol. The number of aromatic nitrogens is 4. The van der Waals surface area contributed by atoms with Crippen molar-refractivity contribution in [2.45, 2.75) is 51.5 Å². The number of aliphatic hydroxyl groups excluding tert-OH is 1. The molecule has 2 unspecified atom stereocenters. The molecule has 2 fully saturated rings. The van der Waals surface area contributed by atoms with Crippen molar-refractivity contribution in [3.8, 4) is 11.1 Å². The number of carbonyl (C=O) groups excluding carboxylic acids is 1. The van der Waals surface area contributed by atoms with Gasteiger partial charge >= 0.3 is 0 Å². The van der Waals surface area contributed by atoms with Crippen LogP contribution in [0.1, 0.15) is 42.7 Å². The highest BCUT2D eigenvalue weighted by Gasteiger charge is 2.23. The number of hydrogen-bond acceptors (Lipinski definition) is 8. The highest BCUT2D eigenvalue weighted by Crippen LogP contribution is 2.27. The molecule has 0 radical (unpaired) electrons. The first-order valence-electron chi connectivity index (χ1n) is 13.9. The Kier molecular flexibility index (Phi) is 7.46. The van der Waals surface area contributed by atoms with Gasteiger partial charge in [0.25, 0.3) is 5.91 Å². The average Bonchev–Trinajstić information content (AvgIpc) is 3.38. The van der Waals surface area contributed by atoms with Gasteiger partial charge in [-0.2, -0.15) is 5.10 Å². The van der Waals surface area contributed by atoms with Gasteiger partial charge in [-0.05, 0) is 68.1 Å². The fourth-order valence-electron chi connectivity index (χ4n) is 5.64. The lowest BCUT2D eigenvalue weighted by atomic mass is 10.0. The topological polar surface area (TPSA) is 120 Å². The molecule has 4 aromatic rings. The Balaban J connectivity index is 1.17. The normalized spacial score (nSPS) is 20.6. The van der Waals surface area contributed by atoms with E-state index in [1.54, 1.807) is 6.20 Å². The number of fused-ring (bicyclic) bond motifs is 1. The molecule has 0 saturated carbocycles. The number of pyridine rings is 2. The quantitative estimate of drug-likeness (QED) is 0.337. The van der Waals surface area contributed by atoms with Crippen molar-refractivity contribution in [3.63, 3.8) is 0 Å². The van der Waals surface area contributed by atoms with Crippen molar-refractivity contribution < 1.29 is 14.6 Å². The van der Waals surface area contributed by atoms with E-state index in [4.69, 9.17) is 4.74 Å². The third-order valence-corrected chi connectivity index (χ3v) is 7.62. The zero-order valence-electron chi connectivity index (χ0n) is 22.9. The number of aromatic amines is 1. The summed E-state index contributed by atoms with van der Waals surface area (Å²) in [6, 6.07) is 11.9. The number of piperidine rings is 1. The second-order valence-electron chi connectivity index (χ2n) is 10.9. The number of rotatable bonds is 6. The summed E-state index contributed by atoms with van der Waals surface area (Å²) >= 11 is 0. The van der Waals surface area contributed by atoms with E-state index in [9.17, 15) is 9.90 Å². The average molecular weight is 542 g/mol. The number of H-pyrrole nitrogens is 1. The van der Waals surface area contributed by atoms with Gasteiger partial charge in [-0.1, -0.05) is 6.07 Å². The first-order valence-corrected chi connectivity index (χ1v) is 13.9. The van der Waals surface area contributed by atoms with Gasteiger partial charge in [-0.25, -0.2) is 4.98 Å². The van der Waals surface area contributed by atoms with Gasteiger partial charge < -0.3 is 20.1 Å². The Morgan fingerprint density at radius 2 is 1.85 bits per heavy atom. The summed E-state index contributed by atoms with van der Waals surface area (Å²) in [4.78, 5) is 26.8. The van der Waals surface area contributed by atoms with E-state index in [-0.39, 0.29) is 24.2 Å². The van der Waals surface area contributed by atoms with Gasteiger partial charge in [-0.15, -0.1) is 0 Å². The second kappa shape index (κ2) is 11.3. The number of benzene rings is 1. The number of ether oxygens (including phenoxy) is 1. The zero-order chi connectivity index (χ0) is 27.6. The third-order valence-electron chi connectivity index (χ3n) is 7.62. The summed E-state index contributed by atoms with van der Waals surface area (Å²) in [7, 11) is 0. The molecular formula is C30H35N7O3. The number of morpholine rings is 1. The molecule has 2 aliphatic heterocycles. The molecule has 2 saturated heterocycles. The number of carbonyl (C=O) groups is 1. The van der Waals surface area contributed by atoms with Crippen LogP contribution < -0.4 is 10.2 Å². The number of nitrogens with one attached hydrogen (secondary N) is 2. The number of aliphatic hydroxyl groups is 1. The number of anilines is 2. The van der Waals surface area contributed by atoms with Crippen LogP contribution in [0.5, 0.6) is 0 Å². The monoisotopic (exact) mass is 541 g/mol. The van der Waals surface area contributed by atoms with Gasteiger partial charge in [0, 0.05) is 56.1 Å². The van der Waals surface area contributed by atoms with E-state index in [2.05, 4.69) is 55.2 Å². The van der Waals surface area contributed by atoms with Gasteiger partial charge in [0.15, 0.2) is 5.69 Å². The SMILES string of the molecule is CC1CN(c2ccc(NC(=O)c3n[nH]c4ccc(-c5cncc(CN6CCC(O)CC6)c5)cc34)cn2)CC(C)O1. The van der Waals surface area contributed by atoms with Crippen molar-refractivity contribution in [3.05, 3.63) is 66.2 Å². The van der Waals surface area contributed by atoms with Crippen molar-refractivity contribution in [2.24, 2.45) is 0 Å². The van der Waals surface area contributed by atoms with Crippen LogP contribution in [0.25, 0.3) is 22.0 Å². The molecular weight excluding hydrogens is 506 g/mol. The molecule has 2 atom stereocenters. The molecule has 0 aliphatic carbocycles. The number of hydrogen-bond donors (Lipinski definition) is 3.